The fourth-order valence-corrected chi connectivity index (χ4v) is 3.98. The Morgan fingerprint density at radius 2 is 1.79 bits per heavy atom. The van der Waals surface area contributed by atoms with E-state index in [1.165, 1.54) is 0 Å². The normalized spacial score (nSPS) is 22.3. The third-order valence-corrected chi connectivity index (χ3v) is 5.28. The van der Waals surface area contributed by atoms with E-state index < -0.39 is 0 Å². The molecule has 130 valence electrons. The van der Waals surface area contributed by atoms with Crippen LogP contribution in [0.25, 0.3) is 0 Å². The van der Waals surface area contributed by atoms with E-state index in [0.29, 0.717) is 28.3 Å². The summed E-state index contributed by atoms with van der Waals surface area (Å²) in [6, 6.07) is 5.51. The van der Waals surface area contributed by atoms with Gasteiger partial charge in [-0.3, -0.25) is 9.59 Å². The van der Waals surface area contributed by atoms with E-state index >= 15 is 0 Å². The first-order chi connectivity index (χ1) is 11.5. The maximum Gasteiger partial charge on any atom is 0.228 e. The minimum absolute atomic E-state index is 0.0585. The standard InChI is InChI=1S/C17H21Cl2N3O2/c1-20-14-2-4-21(5-3-14)17(24)11-6-16(23)22(10-11)15-8-12(18)7-13(19)9-15/h7-9,11,14,20H,2-6,10H2,1H3. The van der Waals surface area contributed by atoms with Crippen LogP contribution in [0.1, 0.15) is 19.3 Å². The van der Waals surface area contributed by atoms with Gasteiger partial charge in [-0.05, 0) is 38.1 Å². The summed E-state index contributed by atoms with van der Waals surface area (Å²) in [7, 11) is 1.95. The zero-order valence-corrected chi connectivity index (χ0v) is 15.1. The smallest absolute Gasteiger partial charge is 0.228 e. The Labute approximate surface area is 151 Å². The fourth-order valence-electron chi connectivity index (χ4n) is 3.46. The van der Waals surface area contributed by atoms with Gasteiger partial charge in [0.25, 0.3) is 0 Å². The molecular weight excluding hydrogens is 349 g/mol. The third kappa shape index (κ3) is 3.68. The van der Waals surface area contributed by atoms with Gasteiger partial charge in [0.05, 0.1) is 5.92 Å². The van der Waals surface area contributed by atoms with Crippen LogP contribution in [0.2, 0.25) is 10.0 Å². The molecular formula is C17H21Cl2N3O2. The number of benzene rings is 1. The van der Waals surface area contributed by atoms with Gasteiger partial charge in [0, 0.05) is 47.8 Å². The van der Waals surface area contributed by atoms with Crippen LogP contribution in [0.15, 0.2) is 18.2 Å². The lowest BCUT2D eigenvalue weighted by Crippen LogP contribution is -2.46. The van der Waals surface area contributed by atoms with Crippen molar-refractivity contribution in [2.24, 2.45) is 5.92 Å². The molecule has 1 aromatic carbocycles. The van der Waals surface area contributed by atoms with Crippen molar-refractivity contribution in [3.05, 3.63) is 28.2 Å². The zero-order valence-electron chi connectivity index (χ0n) is 13.6. The number of rotatable bonds is 3. The monoisotopic (exact) mass is 369 g/mol. The molecule has 24 heavy (non-hydrogen) atoms. The van der Waals surface area contributed by atoms with Crippen LogP contribution in [0.5, 0.6) is 0 Å². The molecule has 0 bridgehead atoms. The van der Waals surface area contributed by atoms with Crippen LogP contribution in [0.4, 0.5) is 5.69 Å². The molecule has 0 saturated carbocycles. The second-order valence-corrected chi connectivity index (χ2v) is 7.29. The van der Waals surface area contributed by atoms with Crippen molar-refractivity contribution in [1.82, 2.24) is 10.2 Å². The Kier molecular flexibility index (Phi) is 5.33. The fraction of sp³-hybridized carbons (Fsp3) is 0.529. The lowest BCUT2D eigenvalue weighted by molar-refractivity contribution is -0.136. The second-order valence-electron chi connectivity index (χ2n) is 6.42. The van der Waals surface area contributed by atoms with Crippen molar-refractivity contribution >= 4 is 40.7 Å². The summed E-state index contributed by atoms with van der Waals surface area (Å²) in [5.41, 5.74) is 0.654. The Bertz CT molecular complexity index is 624. The molecule has 0 spiro atoms. The molecule has 1 unspecified atom stereocenters. The predicted molar refractivity (Wildman–Crippen MR) is 95.6 cm³/mol. The summed E-state index contributed by atoms with van der Waals surface area (Å²) >= 11 is 12.0. The molecule has 1 aromatic rings. The van der Waals surface area contributed by atoms with Crippen molar-refractivity contribution in [2.75, 3.05) is 31.6 Å². The summed E-state index contributed by atoms with van der Waals surface area (Å²) in [4.78, 5) is 28.6. The molecule has 1 N–H and O–H groups in total. The number of nitrogens with zero attached hydrogens (tertiary/aromatic N) is 2. The lowest BCUT2D eigenvalue weighted by atomic mass is 10.0. The molecule has 2 amide bonds. The van der Waals surface area contributed by atoms with E-state index in [9.17, 15) is 9.59 Å². The average Bonchev–Trinajstić information content (AvgIpc) is 2.95. The van der Waals surface area contributed by atoms with Crippen LogP contribution in [-0.2, 0) is 9.59 Å². The van der Waals surface area contributed by atoms with Crippen molar-refractivity contribution in [1.29, 1.82) is 0 Å². The van der Waals surface area contributed by atoms with Gasteiger partial charge in [-0.15, -0.1) is 0 Å². The molecule has 2 heterocycles. The van der Waals surface area contributed by atoms with Crippen molar-refractivity contribution < 1.29 is 9.59 Å². The lowest BCUT2D eigenvalue weighted by Gasteiger charge is -2.33. The van der Waals surface area contributed by atoms with E-state index in [2.05, 4.69) is 5.32 Å². The van der Waals surface area contributed by atoms with E-state index in [4.69, 9.17) is 23.2 Å². The first kappa shape index (κ1) is 17.5. The van der Waals surface area contributed by atoms with Gasteiger partial charge in [0.15, 0.2) is 0 Å². The number of likely N-dealkylation sites (tertiary alicyclic amines) is 1. The Balaban J connectivity index is 1.67. The Morgan fingerprint density at radius 1 is 1.17 bits per heavy atom. The summed E-state index contributed by atoms with van der Waals surface area (Å²) in [5.74, 6) is -0.272. The van der Waals surface area contributed by atoms with Gasteiger partial charge in [0.2, 0.25) is 11.8 Å². The number of nitrogens with one attached hydrogen (secondary N) is 1. The zero-order chi connectivity index (χ0) is 17.3. The molecule has 3 rings (SSSR count). The maximum atomic E-state index is 12.7. The number of anilines is 1. The van der Waals surface area contributed by atoms with Gasteiger partial charge in [-0.25, -0.2) is 0 Å². The molecule has 0 radical (unpaired) electrons. The van der Waals surface area contributed by atoms with Crippen molar-refractivity contribution in [3.8, 4) is 0 Å². The predicted octanol–water partition coefficient (Wildman–Crippen LogP) is 2.56. The molecule has 1 atom stereocenters. The largest absolute Gasteiger partial charge is 0.342 e. The van der Waals surface area contributed by atoms with Gasteiger partial charge in [0.1, 0.15) is 0 Å². The van der Waals surface area contributed by atoms with Crippen LogP contribution in [0.3, 0.4) is 0 Å². The summed E-state index contributed by atoms with van der Waals surface area (Å²) in [6.45, 7) is 1.89. The summed E-state index contributed by atoms with van der Waals surface area (Å²) in [5, 5.41) is 4.22. The summed E-state index contributed by atoms with van der Waals surface area (Å²) < 4.78 is 0. The van der Waals surface area contributed by atoms with Gasteiger partial charge >= 0.3 is 0 Å². The number of halogens is 2. The molecule has 7 heteroatoms. The second kappa shape index (κ2) is 7.30. The molecule has 0 aromatic heterocycles. The molecule has 5 nitrogen and oxygen atoms in total. The quantitative estimate of drug-likeness (QED) is 0.890. The topological polar surface area (TPSA) is 52.7 Å². The number of piperidine rings is 1. The maximum absolute atomic E-state index is 12.7. The first-order valence-corrected chi connectivity index (χ1v) is 8.96. The van der Waals surface area contributed by atoms with Gasteiger partial charge in [-0.2, -0.15) is 0 Å². The highest BCUT2D eigenvalue weighted by molar-refractivity contribution is 6.35. The molecule has 2 saturated heterocycles. The van der Waals surface area contributed by atoms with Crippen LogP contribution < -0.4 is 10.2 Å². The Hall–Kier alpha value is -1.30. The number of hydrogen-bond donors (Lipinski definition) is 1. The van der Waals surface area contributed by atoms with E-state index in [1.807, 2.05) is 11.9 Å². The molecule has 2 aliphatic heterocycles. The number of hydrogen-bond acceptors (Lipinski definition) is 3. The number of amides is 2. The highest BCUT2D eigenvalue weighted by Gasteiger charge is 2.38. The number of carbonyl (C=O) groups excluding carboxylic acids is 2. The average molecular weight is 370 g/mol. The van der Waals surface area contributed by atoms with Crippen molar-refractivity contribution in [3.63, 3.8) is 0 Å². The van der Waals surface area contributed by atoms with Crippen molar-refractivity contribution in [2.45, 2.75) is 25.3 Å². The number of carbonyl (C=O) groups is 2. The highest BCUT2D eigenvalue weighted by atomic mass is 35.5. The van der Waals surface area contributed by atoms with Crippen LogP contribution >= 0.6 is 23.2 Å². The third-order valence-electron chi connectivity index (χ3n) is 4.85. The Morgan fingerprint density at radius 3 is 2.38 bits per heavy atom. The van der Waals surface area contributed by atoms with E-state index in [-0.39, 0.29) is 24.2 Å². The molecule has 2 aliphatic rings. The van der Waals surface area contributed by atoms with E-state index in [1.54, 1.807) is 23.1 Å². The van der Waals surface area contributed by atoms with Gasteiger partial charge < -0.3 is 15.1 Å². The highest BCUT2D eigenvalue weighted by Crippen LogP contribution is 2.31. The van der Waals surface area contributed by atoms with Crippen LogP contribution in [-0.4, -0.2) is 49.4 Å². The van der Waals surface area contributed by atoms with Crippen LogP contribution in [0, 0.1) is 5.92 Å². The summed E-state index contributed by atoms with van der Waals surface area (Å²) in [6.07, 6.45) is 2.15. The minimum Gasteiger partial charge on any atom is -0.342 e. The SMILES string of the molecule is CNC1CCN(C(=O)C2CC(=O)N(c3cc(Cl)cc(Cl)c3)C2)CC1. The molecule has 0 aliphatic carbocycles. The molecule has 2 fully saturated rings. The minimum atomic E-state index is -0.290. The first-order valence-electron chi connectivity index (χ1n) is 8.20. The van der Waals surface area contributed by atoms with E-state index in [0.717, 1.165) is 25.9 Å². The van der Waals surface area contributed by atoms with Gasteiger partial charge in [-0.1, -0.05) is 23.2 Å².